The Labute approximate surface area is 92.0 Å². The topological polar surface area (TPSA) is 64.1 Å². The van der Waals surface area contributed by atoms with Crippen LogP contribution in [0.2, 0.25) is 0 Å². The van der Waals surface area contributed by atoms with Gasteiger partial charge >= 0.3 is 0 Å². The molecule has 2 aromatic rings. The van der Waals surface area contributed by atoms with Crippen molar-refractivity contribution in [3.8, 4) is 0 Å². The highest BCUT2D eigenvalue weighted by Gasteiger charge is 2.10. The summed E-state index contributed by atoms with van der Waals surface area (Å²) in [5, 5.41) is 11.0. The van der Waals surface area contributed by atoms with Gasteiger partial charge in [-0.15, -0.1) is 11.3 Å². The zero-order chi connectivity index (χ0) is 10.7. The molecule has 0 aromatic carbocycles. The first kappa shape index (κ1) is 10.4. The average molecular weight is 223 g/mol. The lowest BCUT2D eigenvalue weighted by molar-refractivity contribution is 0.263. The largest absolute Gasteiger partial charge is 0.394 e. The predicted molar refractivity (Wildman–Crippen MR) is 59.7 cm³/mol. The molecule has 2 aromatic heterocycles. The molecule has 0 aliphatic rings. The van der Waals surface area contributed by atoms with Gasteiger partial charge in [0.15, 0.2) is 0 Å². The summed E-state index contributed by atoms with van der Waals surface area (Å²) in [7, 11) is 0. The number of nitrogens with zero attached hydrogens (tertiary/aromatic N) is 2. The van der Waals surface area contributed by atoms with E-state index in [0.29, 0.717) is 0 Å². The Morgan fingerprint density at radius 3 is 3.13 bits per heavy atom. The van der Waals surface area contributed by atoms with E-state index in [1.165, 1.54) is 4.88 Å². The fourth-order valence-corrected chi connectivity index (χ4v) is 2.14. The first-order valence-electron chi connectivity index (χ1n) is 4.70. The van der Waals surface area contributed by atoms with E-state index in [9.17, 15) is 0 Å². The van der Waals surface area contributed by atoms with Crippen LogP contribution in [0.4, 0.5) is 0 Å². The van der Waals surface area contributed by atoms with Crippen LogP contribution >= 0.6 is 11.3 Å². The second-order valence-corrected chi connectivity index (χ2v) is 4.35. The van der Waals surface area contributed by atoms with Gasteiger partial charge in [0.05, 0.1) is 31.2 Å². The van der Waals surface area contributed by atoms with E-state index in [-0.39, 0.29) is 12.6 Å². The third kappa shape index (κ3) is 2.26. The van der Waals surface area contributed by atoms with Crippen LogP contribution in [-0.2, 0) is 6.54 Å². The van der Waals surface area contributed by atoms with E-state index in [2.05, 4.69) is 11.1 Å². The SMILES string of the molecule is NC(CO)c1cncn1Cc1cccs1. The van der Waals surface area contributed by atoms with Crippen LogP contribution in [0.3, 0.4) is 0 Å². The van der Waals surface area contributed by atoms with Gasteiger partial charge in [0.25, 0.3) is 0 Å². The summed E-state index contributed by atoms with van der Waals surface area (Å²) in [6, 6.07) is 3.73. The van der Waals surface area contributed by atoms with Crippen LogP contribution in [0.5, 0.6) is 0 Å². The molecule has 1 unspecified atom stereocenters. The van der Waals surface area contributed by atoms with Crippen molar-refractivity contribution in [1.29, 1.82) is 0 Å². The van der Waals surface area contributed by atoms with Crippen molar-refractivity contribution in [3.63, 3.8) is 0 Å². The van der Waals surface area contributed by atoms with Gasteiger partial charge in [0.1, 0.15) is 0 Å². The summed E-state index contributed by atoms with van der Waals surface area (Å²) >= 11 is 1.70. The molecule has 4 nitrogen and oxygen atoms in total. The number of hydrogen-bond acceptors (Lipinski definition) is 4. The molecule has 0 saturated carbocycles. The number of hydrogen-bond donors (Lipinski definition) is 2. The molecular formula is C10H13N3OS. The number of thiophene rings is 1. The zero-order valence-corrected chi connectivity index (χ0v) is 9.02. The van der Waals surface area contributed by atoms with Crippen LogP contribution in [0.15, 0.2) is 30.0 Å². The Bertz CT molecular complexity index is 410. The Balaban J connectivity index is 2.18. The molecule has 2 rings (SSSR count). The number of rotatable bonds is 4. The number of aliphatic hydroxyl groups excluding tert-OH is 1. The van der Waals surface area contributed by atoms with Crippen molar-refractivity contribution in [2.45, 2.75) is 12.6 Å². The normalized spacial score (nSPS) is 12.9. The van der Waals surface area contributed by atoms with Gasteiger partial charge in [0.2, 0.25) is 0 Å². The molecule has 0 aliphatic carbocycles. The van der Waals surface area contributed by atoms with Crippen LogP contribution in [0.25, 0.3) is 0 Å². The summed E-state index contributed by atoms with van der Waals surface area (Å²) in [5.74, 6) is 0. The predicted octanol–water partition coefficient (Wildman–Crippen LogP) is 0.985. The van der Waals surface area contributed by atoms with E-state index in [1.807, 2.05) is 16.0 Å². The fourth-order valence-electron chi connectivity index (χ4n) is 1.44. The molecule has 0 radical (unpaired) electrons. The van der Waals surface area contributed by atoms with E-state index in [1.54, 1.807) is 23.9 Å². The van der Waals surface area contributed by atoms with E-state index >= 15 is 0 Å². The second-order valence-electron chi connectivity index (χ2n) is 3.31. The number of aliphatic hydroxyl groups is 1. The molecule has 5 heteroatoms. The number of imidazole rings is 1. The van der Waals surface area contributed by atoms with E-state index in [4.69, 9.17) is 10.8 Å². The van der Waals surface area contributed by atoms with Crippen LogP contribution in [0.1, 0.15) is 16.6 Å². The molecule has 2 heterocycles. The molecule has 3 N–H and O–H groups in total. The first-order valence-corrected chi connectivity index (χ1v) is 5.58. The van der Waals surface area contributed by atoms with Gasteiger partial charge < -0.3 is 15.4 Å². The zero-order valence-electron chi connectivity index (χ0n) is 8.21. The maximum absolute atomic E-state index is 8.99. The lowest BCUT2D eigenvalue weighted by Crippen LogP contribution is -2.18. The van der Waals surface area contributed by atoms with Gasteiger partial charge in [-0.1, -0.05) is 6.07 Å². The third-order valence-corrected chi connectivity index (χ3v) is 3.09. The molecule has 0 bridgehead atoms. The van der Waals surface area contributed by atoms with Crippen molar-refractivity contribution in [1.82, 2.24) is 9.55 Å². The average Bonchev–Trinajstić information content (AvgIpc) is 2.88. The van der Waals surface area contributed by atoms with Gasteiger partial charge in [-0.2, -0.15) is 0 Å². The maximum atomic E-state index is 8.99. The van der Waals surface area contributed by atoms with E-state index in [0.717, 1.165) is 12.2 Å². The molecule has 80 valence electrons. The highest BCUT2D eigenvalue weighted by Crippen LogP contribution is 2.14. The minimum atomic E-state index is -0.354. The smallest absolute Gasteiger partial charge is 0.0952 e. The van der Waals surface area contributed by atoms with Crippen molar-refractivity contribution >= 4 is 11.3 Å². The van der Waals surface area contributed by atoms with E-state index < -0.39 is 0 Å². The minimum absolute atomic E-state index is 0.0594. The number of nitrogens with two attached hydrogens (primary N) is 1. The lowest BCUT2D eigenvalue weighted by atomic mass is 10.2. The van der Waals surface area contributed by atoms with Crippen molar-refractivity contribution in [2.24, 2.45) is 5.73 Å². The Kier molecular flexibility index (Phi) is 3.15. The number of aromatic nitrogens is 2. The highest BCUT2D eigenvalue weighted by atomic mass is 32.1. The second kappa shape index (κ2) is 4.57. The molecule has 0 spiro atoms. The Hall–Kier alpha value is -1.17. The Morgan fingerprint density at radius 1 is 1.60 bits per heavy atom. The van der Waals surface area contributed by atoms with Gasteiger partial charge in [-0.3, -0.25) is 0 Å². The highest BCUT2D eigenvalue weighted by molar-refractivity contribution is 7.09. The van der Waals surface area contributed by atoms with Crippen molar-refractivity contribution < 1.29 is 5.11 Å². The lowest BCUT2D eigenvalue weighted by Gasteiger charge is -2.11. The summed E-state index contributed by atoms with van der Waals surface area (Å²) < 4.78 is 1.96. The quantitative estimate of drug-likeness (QED) is 0.812. The Morgan fingerprint density at radius 2 is 2.47 bits per heavy atom. The molecule has 0 saturated heterocycles. The molecular weight excluding hydrogens is 210 g/mol. The van der Waals surface area contributed by atoms with Crippen LogP contribution < -0.4 is 5.73 Å². The summed E-state index contributed by atoms with van der Waals surface area (Å²) in [5.41, 5.74) is 6.63. The maximum Gasteiger partial charge on any atom is 0.0952 e. The first-order chi connectivity index (χ1) is 7.31. The summed E-state index contributed by atoms with van der Waals surface area (Å²) in [4.78, 5) is 5.30. The molecule has 1 atom stereocenters. The van der Waals surface area contributed by atoms with Crippen LogP contribution in [0, 0.1) is 0 Å². The summed E-state index contributed by atoms with van der Waals surface area (Å²) in [6.07, 6.45) is 3.44. The molecule has 15 heavy (non-hydrogen) atoms. The van der Waals surface area contributed by atoms with Crippen molar-refractivity contribution in [3.05, 3.63) is 40.6 Å². The minimum Gasteiger partial charge on any atom is -0.394 e. The standard InChI is InChI=1S/C10H13N3OS/c11-9(6-14)10-4-12-7-13(10)5-8-2-1-3-15-8/h1-4,7,9,14H,5-6,11H2. The monoisotopic (exact) mass is 223 g/mol. The van der Waals surface area contributed by atoms with Gasteiger partial charge in [-0.05, 0) is 11.4 Å². The van der Waals surface area contributed by atoms with Crippen LogP contribution in [-0.4, -0.2) is 21.3 Å². The molecule has 0 aliphatic heterocycles. The van der Waals surface area contributed by atoms with Gasteiger partial charge in [0, 0.05) is 11.1 Å². The van der Waals surface area contributed by atoms with Crippen molar-refractivity contribution in [2.75, 3.05) is 6.61 Å². The fraction of sp³-hybridized carbons (Fsp3) is 0.300. The molecule has 0 amide bonds. The molecule has 0 fully saturated rings. The van der Waals surface area contributed by atoms with Gasteiger partial charge in [-0.25, -0.2) is 4.98 Å². The third-order valence-electron chi connectivity index (χ3n) is 2.23. The summed E-state index contributed by atoms with van der Waals surface area (Å²) in [6.45, 7) is 0.705.